The second-order valence-electron chi connectivity index (χ2n) is 5.67. The second kappa shape index (κ2) is 8.48. The average molecular weight is 305 g/mol. The molecular weight excluding hydrogens is 282 g/mol. The van der Waals surface area contributed by atoms with Crippen LogP contribution in [-0.4, -0.2) is 30.0 Å². The predicted molar refractivity (Wildman–Crippen MR) is 84.9 cm³/mol. The molecule has 6 heteroatoms. The maximum atomic E-state index is 12.0. The minimum atomic E-state index is -0.529. The van der Waals surface area contributed by atoms with Gasteiger partial charge in [-0.25, -0.2) is 0 Å². The third kappa shape index (κ3) is 4.80. The fourth-order valence-electron chi connectivity index (χ4n) is 2.86. The highest BCUT2D eigenvalue weighted by atomic mass is 16.6. The van der Waals surface area contributed by atoms with Crippen LogP contribution in [-0.2, 0) is 0 Å². The molecule has 0 heterocycles. The molecule has 2 rings (SSSR count). The quantitative estimate of drug-likeness (QED) is 0.366. The topological polar surface area (TPSA) is 84.3 Å². The summed E-state index contributed by atoms with van der Waals surface area (Å²) in [4.78, 5) is 22.4. The summed E-state index contributed by atoms with van der Waals surface area (Å²) >= 11 is 0. The number of nitro benzene ring substituents is 1. The number of hydrogen-bond acceptors (Lipinski definition) is 4. The van der Waals surface area contributed by atoms with Crippen molar-refractivity contribution in [3.05, 3.63) is 39.9 Å². The van der Waals surface area contributed by atoms with Gasteiger partial charge in [-0.3, -0.25) is 14.9 Å². The molecule has 1 fully saturated rings. The van der Waals surface area contributed by atoms with Gasteiger partial charge in [0.2, 0.25) is 0 Å². The van der Waals surface area contributed by atoms with Gasteiger partial charge in [-0.1, -0.05) is 37.8 Å². The molecule has 0 unspecified atom stereocenters. The minimum absolute atomic E-state index is 0.113. The minimum Gasteiger partial charge on any atom is -0.351 e. The molecule has 0 aromatic heterocycles. The first-order valence-electron chi connectivity index (χ1n) is 7.93. The lowest BCUT2D eigenvalue weighted by Gasteiger charge is -2.16. The smallest absolute Gasteiger partial charge is 0.282 e. The van der Waals surface area contributed by atoms with Crippen molar-refractivity contribution in [1.82, 2.24) is 10.6 Å². The highest BCUT2D eigenvalue weighted by molar-refractivity contribution is 5.98. The van der Waals surface area contributed by atoms with E-state index < -0.39 is 10.8 Å². The summed E-state index contributed by atoms with van der Waals surface area (Å²) in [7, 11) is 0. The van der Waals surface area contributed by atoms with Gasteiger partial charge in [-0.05, 0) is 18.9 Å². The SMILES string of the molecule is O=C(NCCNC1CCCCCC1)c1ccccc1[N+](=O)[O-]. The molecule has 2 N–H and O–H groups in total. The van der Waals surface area contributed by atoms with E-state index in [4.69, 9.17) is 0 Å². The van der Waals surface area contributed by atoms with Crippen LogP contribution in [0.5, 0.6) is 0 Å². The number of amides is 1. The Morgan fingerprint density at radius 1 is 1.14 bits per heavy atom. The van der Waals surface area contributed by atoms with Crippen molar-refractivity contribution in [2.24, 2.45) is 0 Å². The summed E-state index contributed by atoms with van der Waals surface area (Å²) in [5.41, 5.74) is -0.0429. The predicted octanol–water partition coefficient (Wildman–Crippen LogP) is 2.64. The van der Waals surface area contributed by atoms with Crippen LogP contribution in [0.2, 0.25) is 0 Å². The number of carbonyl (C=O) groups excluding carboxylic acids is 1. The van der Waals surface area contributed by atoms with E-state index in [9.17, 15) is 14.9 Å². The van der Waals surface area contributed by atoms with Crippen LogP contribution < -0.4 is 10.6 Å². The van der Waals surface area contributed by atoms with E-state index in [0.29, 0.717) is 19.1 Å². The maximum absolute atomic E-state index is 12.0. The molecule has 0 radical (unpaired) electrons. The molecule has 0 saturated heterocycles. The monoisotopic (exact) mass is 305 g/mol. The zero-order chi connectivity index (χ0) is 15.8. The highest BCUT2D eigenvalue weighted by Gasteiger charge is 2.18. The van der Waals surface area contributed by atoms with Gasteiger partial charge in [-0.15, -0.1) is 0 Å². The summed E-state index contributed by atoms with van der Waals surface area (Å²) < 4.78 is 0. The van der Waals surface area contributed by atoms with Gasteiger partial charge in [0.25, 0.3) is 11.6 Å². The standard InChI is InChI=1S/C16H23N3O3/c20-16(14-9-5-6-10-15(14)19(21)22)18-12-11-17-13-7-3-1-2-4-8-13/h5-6,9-10,13,17H,1-4,7-8,11-12H2,(H,18,20). The molecule has 0 aliphatic heterocycles. The molecule has 0 spiro atoms. The van der Waals surface area contributed by atoms with Crippen LogP contribution in [0, 0.1) is 10.1 Å². The van der Waals surface area contributed by atoms with Crippen LogP contribution in [0.1, 0.15) is 48.9 Å². The third-order valence-electron chi connectivity index (χ3n) is 4.04. The van der Waals surface area contributed by atoms with Crippen LogP contribution in [0.15, 0.2) is 24.3 Å². The zero-order valence-corrected chi connectivity index (χ0v) is 12.7. The van der Waals surface area contributed by atoms with Crippen LogP contribution >= 0.6 is 0 Å². The molecule has 1 aromatic rings. The summed E-state index contributed by atoms with van der Waals surface area (Å²) in [6, 6.07) is 6.55. The van der Waals surface area contributed by atoms with Gasteiger partial charge in [0.05, 0.1) is 4.92 Å². The second-order valence-corrected chi connectivity index (χ2v) is 5.67. The number of carbonyl (C=O) groups is 1. The number of benzene rings is 1. The van der Waals surface area contributed by atoms with Gasteiger partial charge < -0.3 is 10.6 Å². The number of rotatable bonds is 6. The molecule has 120 valence electrons. The van der Waals surface area contributed by atoms with Crippen molar-refractivity contribution in [1.29, 1.82) is 0 Å². The van der Waals surface area contributed by atoms with Crippen molar-refractivity contribution < 1.29 is 9.72 Å². The number of nitrogens with one attached hydrogen (secondary N) is 2. The van der Waals surface area contributed by atoms with Crippen molar-refractivity contribution in [2.75, 3.05) is 13.1 Å². The Kier molecular flexibility index (Phi) is 6.33. The summed E-state index contributed by atoms with van der Waals surface area (Å²) in [5.74, 6) is -0.394. The molecule has 1 aromatic carbocycles. The van der Waals surface area contributed by atoms with Crippen LogP contribution in [0.3, 0.4) is 0 Å². The molecule has 22 heavy (non-hydrogen) atoms. The normalized spacial score (nSPS) is 16.0. The van der Waals surface area contributed by atoms with E-state index in [2.05, 4.69) is 10.6 Å². The number of hydrogen-bond donors (Lipinski definition) is 2. The Bertz CT molecular complexity index is 511. The van der Waals surface area contributed by atoms with Gasteiger partial charge in [0.15, 0.2) is 0 Å². The van der Waals surface area contributed by atoms with Crippen LogP contribution in [0.25, 0.3) is 0 Å². The molecular formula is C16H23N3O3. The zero-order valence-electron chi connectivity index (χ0n) is 12.7. The van der Waals surface area contributed by atoms with Gasteiger partial charge in [0.1, 0.15) is 5.56 Å². The largest absolute Gasteiger partial charge is 0.351 e. The van der Waals surface area contributed by atoms with E-state index >= 15 is 0 Å². The Balaban J connectivity index is 1.77. The Morgan fingerprint density at radius 2 is 1.82 bits per heavy atom. The summed E-state index contributed by atoms with van der Waals surface area (Å²) in [6.45, 7) is 1.17. The number of nitro groups is 1. The van der Waals surface area contributed by atoms with Gasteiger partial charge in [-0.2, -0.15) is 0 Å². The Labute approximate surface area is 130 Å². The van der Waals surface area contributed by atoms with E-state index in [1.165, 1.54) is 50.7 Å². The lowest BCUT2D eigenvalue weighted by Crippen LogP contribution is -2.37. The van der Waals surface area contributed by atoms with Crippen molar-refractivity contribution in [2.45, 2.75) is 44.6 Å². The van der Waals surface area contributed by atoms with Crippen molar-refractivity contribution in [3.8, 4) is 0 Å². The average Bonchev–Trinajstić information content (AvgIpc) is 2.80. The first kappa shape index (κ1) is 16.4. The number of nitrogens with zero attached hydrogens (tertiary/aromatic N) is 1. The lowest BCUT2D eigenvalue weighted by molar-refractivity contribution is -0.385. The lowest BCUT2D eigenvalue weighted by atomic mass is 10.1. The van der Waals surface area contributed by atoms with Crippen LogP contribution in [0.4, 0.5) is 5.69 Å². The molecule has 6 nitrogen and oxygen atoms in total. The van der Waals surface area contributed by atoms with Gasteiger partial charge in [0, 0.05) is 25.2 Å². The molecule has 1 aliphatic carbocycles. The van der Waals surface area contributed by atoms with E-state index in [1.807, 2.05) is 0 Å². The fraction of sp³-hybridized carbons (Fsp3) is 0.562. The molecule has 0 atom stereocenters. The third-order valence-corrected chi connectivity index (χ3v) is 4.04. The fourth-order valence-corrected chi connectivity index (χ4v) is 2.86. The first-order chi connectivity index (χ1) is 10.7. The number of para-hydroxylation sites is 1. The van der Waals surface area contributed by atoms with E-state index in [-0.39, 0.29) is 11.3 Å². The highest BCUT2D eigenvalue weighted by Crippen LogP contribution is 2.18. The molecule has 1 saturated carbocycles. The molecule has 0 bridgehead atoms. The first-order valence-corrected chi connectivity index (χ1v) is 7.93. The van der Waals surface area contributed by atoms with Crippen molar-refractivity contribution >= 4 is 11.6 Å². The van der Waals surface area contributed by atoms with Gasteiger partial charge >= 0.3 is 0 Å². The summed E-state index contributed by atoms with van der Waals surface area (Å²) in [5, 5.41) is 17.1. The molecule has 1 amide bonds. The van der Waals surface area contributed by atoms with E-state index in [1.54, 1.807) is 12.1 Å². The summed E-state index contributed by atoms with van der Waals surface area (Å²) in [6.07, 6.45) is 7.54. The van der Waals surface area contributed by atoms with E-state index in [0.717, 1.165) is 0 Å². The molecule has 1 aliphatic rings. The maximum Gasteiger partial charge on any atom is 0.282 e. The Hall–Kier alpha value is -1.95. The van der Waals surface area contributed by atoms with Crippen molar-refractivity contribution in [3.63, 3.8) is 0 Å². The Morgan fingerprint density at radius 3 is 2.50 bits per heavy atom.